The van der Waals surface area contributed by atoms with Gasteiger partial charge in [-0.3, -0.25) is 4.79 Å². The lowest BCUT2D eigenvalue weighted by Gasteiger charge is -2.18. The summed E-state index contributed by atoms with van der Waals surface area (Å²) in [5, 5.41) is 5.56. The number of amides is 1. The van der Waals surface area contributed by atoms with Crippen molar-refractivity contribution in [1.82, 2.24) is 10.6 Å². The van der Waals surface area contributed by atoms with Crippen molar-refractivity contribution >= 4 is 11.9 Å². The predicted molar refractivity (Wildman–Crippen MR) is 61.9 cm³/mol. The molecule has 0 aromatic carbocycles. The van der Waals surface area contributed by atoms with Crippen molar-refractivity contribution in [3.8, 4) is 0 Å². The van der Waals surface area contributed by atoms with Gasteiger partial charge in [0, 0.05) is 13.0 Å². The van der Waals surface area contributed by atoms with E-state index < -0.39 is 6.04 Å². The van der Waals surface area contributed by atoms with Crippen molar-refractivity contribution in [2.75, 3.05) is 20.7 Å². The van der Waals surface area contributed by atoms with E-state index >= 15 is 0 Å². The second-order valence-corrected chi connectivity index (χ2v) is 4.13. The van der Waals surface area contributed by atoms with Gasteiger partial charge in [-0.1, -0.05) is 13.8 Å². The maximum atomic E-state index is 11.5. The van der Waals surface area contributed by atoms with Crippen molar-refractivity contribution in [3.63, 3.8) is 0 Å². The van der Waals surface area contributed by atoms with Gasteiger partial charge in [-0.25, -0.2) is 4.79 Å². The lowest BCUT2D eigenvalue weighted by Crippen LogP contribution is -2.43. The van der Waals surface area contributed by atoms with Crippen LogP contribution in [0.15, 0.2) is 0 Å². The van der Waals surface area contributed by atoms with Gasteiger partial charge in [-0.15, -0.1) is 0 Å². The molecule has 1 amide bonds. The molecule has 1 unspecified atom stereocenters. The standard InChI is InChI=1S/C11H22N2O3/c1-8(2)7-9(11(15)16-4)13-10(14)5-6-12-3/h8-9,12H,5-7H2,1-4H3,(H,13,14). The Balaban J connectivity index is 4.19. The van der Waals surface area contributed by atoms with Crippen LogP contribution in [0.5, 0.6) is 0 Å². The summed E-state index contributed by atoms with van der Waals surface area (Å²) in [7, 11) is 3.11. The van der Waals surface area contributed by atoms with Crippen molar-refractivity contribution in [2.24, 2.45) is 5.92 Å². The number of carbonyl (C=O) groups excluding carboxylic acids is 2. The monoisotopic (exact) mass is 230 g/mol. The van der Waals surface area contributed by atoms with Gasteiger partial charge in [0.25, 0.3) is 0 Å². The Morgan fingerprint density at radius 1 is 1.31 bits per heavy atom. The predicted octanol–water partition coefficient (Wildman–Crippen LogP) is 0.300. The Labute approximate surface area is 96.9 Å². The van der Waals surface area contributed by atoms with Crippen LogP contribution in [0.3, 0.4) is 0 Å². The number of hydrogen-bond donors (Lipinski definition) is 2. The smallest absolute Gasteiger partial charge is 0.328 e. The lowest BCUT2D eigenvalue weighted by molar-refractivity contribution is -0.145. The highest BCUT2D eigenvalue weighted by Crippen LogP contribution is 2.06. The number of methoxy groups -OCH3 is 1. The highest BCUT2D eigenvalue weighted by atomic mass is 16.5. The van der Waals surface area contributed by atoms with Gasteiger partial charge in [0.05, 0.1) is 7.11 Å². The topological polar surface area (TPSA) is 67.4 Å². The van der Waals surface area contributed by atoms with E-state index in [-0.39, 0.29) is 11.9 Å². The molecular formula is C11H22N2O3. The third-order valence-electron chi connectivity index (χ3n) is 2.13. The minimum Gasteiger partial charge on any atom is -0.467 e. The van der Waals surface area contributed by atoms with Crippen LogP contribution < -0.4 is 10.6 Å². The van der Waals surface area contributed by atoms with Crippen molar-refractivity contribution < 1.29 is 14.3 Å². The first-order valence-electron chi connectivity index (χ1n) is 5.53. The summed E-state index contributed by atoms with van der Waals surface area (Å²) in [6, 6.07) is -0.533. The number of esters is 1. The van der Waals surface area contributed by atoms with E-state index in [1.54, 1.807) is 7.05 Å². The molecule has 0 spiro atoms. The van der Waals surface area contributed by atoms with Crippen molar-refractivity contribution in [3.05, 3.63) is 0 Å². The van der Waals surface area contributed by atoms with E-state index in [1.807, 2.05) is 13.8 Å². The maximum absolute atomic E-state index is 11.5. The molecule has 0 aliphatic rings. The minimum atomic E-state index is -0.533. The zero-order valence-electron chi connectivity index (χ0n) is 10.5. The van der Waals surface area contributed by atoms with Gasteiger partial charge in [0.1, 0.15) is 6.04 Å². The van der Waals surface area contributed by atoms with Crippen LogP contribution in [-0.2, 0) is 14.3 Å². The first kappa shape index (κ1) is 14.9. The van der Waals surface area contributed by atoms with Crippen LogP contribution in [0.25, 0.3) is 0 Å². The van der Waals surface area contributed by atoms with Crippen molar-refractivity contribution in [1.29, 1.82) is 0 Å². The Morgan fingerprint density at radius 3 is 2.38 bits per heavy atom. The van der Waals surface area contributed by atoms with E-state index in [0.717, 1.165) is 0 Å². The molecule has 2 N–H and O–H groups in total. The molecule has 0 aromatic rings. The average Bonchev–Trinajstić information content (AvgIpc) is 2.23. The summed E-state index contributed by atoms with van der Waals surface area (Å²) in [4.78, 5) is 22.9. The first-order chi connectivity index (χ1) is 7.51. The van der Waals surface area contributed by atoms with E-state index in [0.29, 0.717) is 25.3 Å². The van der Waals surface area contributed by atoms with Crippen LogP contribution in [0.2, 0.25) is 0 Å². The normalized spacial score (nSPS) is 12.3. The third kappa shape index (κ3) is 6.40. The Bertz CT molecular complexity index is 229. The summed E-state index contributed by atoms with van der Waals surface area (Å²) in [5.41, 5.74) is 0. The molecule has 0 aliphatic carbocycles. The highest BCUT2D eigenvalue weighted by molar-refractivity contribution is 5.84. The summed E-state index contributed by atoms with van der Waals surface area (Å²) in [6.07, 6.45) is 0.958. The molecular weight excluding hydrogens is 208 g/mol. The zero-order valence-corrected chi connectivity index (χ0v) is 10.5. The van der Waals surface area contributed by atoms with E-state index in [2.05, 4.69) is 15.4 Å². The fourth-order valence-corrected chi connectivity index (χ4v) is 1.33. The fourth-order valence-electron chi connectivity index (χ4n) is 1.33. The Kier molecular flexibility index (Phi) is 7.54. The first-order valence-corrected chi connectivity index (χ1v) is 5.53. The molecule has 0 aliphatic heterocycles. The van der Waals surface area contributed by atoms with Gasteiger partial charge in [0.2, 0.25) is 5.91 Å². The molecule has 0 radical (unpaired) electrons. The average molecular weight is 230 g/mol. The Hall–Kier alpha value is -1.10. The van der Waals surface area contributed by atoms with Crippen LogP contribution >= 0.6 is 0 Å². The second-order valence-electron chi connectivity index (χ2n) is 4.13. The molecule has 16 heavy (non-hydrogen) atoms. The van der Waals surface area contributed by atoms with Gasteiger partial charge in [-0.05, 0) is 19.4 Å². The summed E-state index contributed by atoms with van der Waals surface area (Å²) >= 11 is 0. The van der Waals surface area contributed by atoms with E-state index in [4.69, 9.17) is 0 Å². The molecule has 0 heterocycles. The van der Waals surface area contributed by atoms with Gasteiger partial charge in [-0.2, -0.15) is 0 Å². The van der Waals surface area contributed by atoms with Gasteiger partial charge >= 0.3 is 5.97 Å². The molecule has 0 bridgehead atoms. The fraction of sp³-hybridized carbons (Fsp3) is 0.818. The Morgan fingerprint density at radius 2 is 1.94 bits per heavy atom. The number of rotatable bonds is 7. The third-order valence-corrected chi connectivity index (χ3v) is 2.13. The molecule has 5 nitrogen and oxygen atoms in total. The van der Waals surface area contributed by atoms with Crippen molar-refractivity contribution in [2.45, 2.75) is 32.7 Å². The molecule has 94 valence electrons. The second kappa shape index (κ2) is 8.10. The minimum absolute atomic E-state index is 0.134. The molecule has 0 rings (SSSR count). The van der Waals surface area contributed by atoms with E-state index in [9.17, 15) is 9.59 Å². The van der Waals surface area contributed by atoms with E-state index in [1.165, 1.54) is 7.11 Å². The molecule has 5 heteroatoms. The van der Waals surface area contributed by atoms with Gasteiger partial charge < -0.3 is 15.4 Å². The molecule has 0 aromatic heterocycles. The molecule has 0 fully saturated rings. The zero-order chi connectivity index (χ0) is 12.6. The quantitative estimate of drug-likeness (QED) is 0.617. The summed E-state index contributed by atoms with van der Waals surface area (Å²) in [6.45, 7) is 4.59. The molecule has 1 atom stereocenters. The van der Waals surface area contributed by atoms with Crippen LogP contribution in [0.4, 0.5) is 0 Å². The number of nitrogens with one attached hydrogen (secondary N) is 2. The number of carbonyl (C=O) groups is 2. The van der Waals surface area contributed by atoms with Crippen LogP contribution in [0.1, 0.15) is 26.7 Å². The maximum Gasteiger partial charge on any atom is 0.328 e. The van der Waals surface area contributed by atoms with Crippen LogP contribution in [-0.4, -0.2) is 38.6 Å². The highest BCUT2D eigenvalue weighted by Gasteiger charge is 2.21. The summed E-state index contributed by atoms with van der Waals surface area (Å²) in [5.74, 6) is -0.189. The van der Waals surface area contributed by atoms with Gasteiger partial charge in [0.15, 0.2) is 0 Å². The lowest BCUT2D eigenvalue weighted by atomic mass is 10.0. The number of hydrogen-bond acceptors (Lipinski definition) is 4. The molecule has 0 saturated heterocycles. The number of ether oxygens (including phenoxy) is 1. The molecule has 0 saturated carbocycles. The van der Waals surface area contributed by atoms with Crippen LogP contribution in [0, 0.1) is 5.92 Å². The summed E-state index contributed by atoms with van der Waals surface area (Å²) < 4.78 is 4.65. The SMILES string of the molecule is CNCCC(=O)NC(CC(C)C)C(=O)OC. The largest absolute Gasteiger partial charge is 0.467 e.